The highest BCUT2D eigenvalue weighted by molar-refractivity contribution is 5.69. The Morgan fingerprint density at radius 1 is 0.970 bits per heavy atom. The van der Waals surface area contributed by atoms with Crippen LogP contribution in [0, 0.1) is 10.1 Å². The van der Waals surface area contributed by atoms with Gasteiger partial charge in [0, 0.05) is 17.7 Å². The molecule has 0 bridgehead atoms. The van der Waals surface area contributed by atoms with Gasteiger partial charge in [0.1, 0.15) is 17.2 Å². The summed E-state index contributed by atoms with van der Waals surface area (Å²) in [6.45, 7) is 0. The lowest BCUT2D eigenvalue weighted by Gasteiger charge is -2.09. The standard InChI is InChI=1S/C22H14F3N3O5/c1-31-16-7-9-17(10-8-16)32-19-11-6-15(28(29)30)12-18(19)21-26-20(27-33-21)13-2-4-14(5-3-13)22(23,24)25/h2-12H,1H3. The maximum absolute atomic E-state index is 12.8. The van der Waals surface area contributed by atoms with E-state index < -0.39 is 16.7 Å². The molecule has 0 N–H and O–H groups in total. The van der Waals surface area contributed by atoms with Gasteiger partial charge in [-0.15, -0.1) is 0 Å². The first-order valence-electron chi connectivity index (χ1n) is 9.36. The van der Waals surface area contributed by atoms with E-state index in [0.717, 1.165) is 12.1 Å². The van der Waals surface area contributed by atoms with Crippen LogP contribution < -0.4 is 9.47 Å². The summed E-state index contributed by atoms with van der Waals surface area (Å²) in [5.41, 5.74) is -0.628. The van der Waals surface area contributed by atoms with Gasteiger partial charge in [-0.05, 0) is 42.5 Å². The summed E-state index contributed by atoms with van der Waals surface area (Å²) in [6, 6.07) is 14.7. The number of non-ortho nitro benzene ring substituents is 1. The summed E-state index contributed by atoms with van der Waals surface area (Å²) in [5.74, 6) is 1.16. The van der Waals surface area contributed by atoms with E-state index in [1.54, 1.807) is 24.3 Å². The molecule has 4 aromatic rings. The highest BCUT2D eigenvalue weighted by Crippen LogP contribution is 2.37. The highest BCUT2D eigenvalue weighted by Gasteiger charge is 2.30. The Hall–Kier alpha value is -4.41. The van der Waals surface area contributed by atoms with Gasteiger partial charge in [-0.1, -0.05) is 17.3 Å². The first-order chi connectivity index (χ1) is 15.7. The maximum atomic E-state index is 12.8. The Morgan fingerprint density at radius 2 is 1.64 bits per heavy atom. The number of hydrogen-bond donors (Lipinski definition) is 0. The smallest absolute Gasteiger partial charge is 0.416 e. The van der Waals surface area contributed by atoms with Crippen LogP contribution in [0.25, 0.3) is 22.8 Å². The number of aromatic nitrogens is 2. The van der Waals surface area contributed by atoms with Gasteiger partial charge >= 0.3 is 6.18 Å². The van der Waals surface area contributed by atoms with E-state index in [0.29, 0.717) is 11.5 Å². The normalized spacial score (nSPS) is 11.3. The van der Waals surface area contributed by atoms with Crippen LogP contribution in [-0.2, 0) is 6.18 Å². The van der Waals surface area contributed by atoms with Crippen molar-refractivity contribution in [2.75, 3.05) is 7.11 Å². The number of alkyl halides is 3. The lowest BCUT2D eigenvalue weighted by molar-refractivity contribution is -0.384. The number of hydrogen-bond acceptors (Lipinski definition) is 7. The number of benzene rings is 3. The second-order valence-corrected chi connectivity index (χ2v) is 6.71. The van der Waals surface area contributed by atoms with Crippen molar-refractivity contribution in [3.63, 3.8) is 0 Å². The second-order valence-electron chi connectivity index (χ2n) is 6.71. The SMILES string of the molecule is COc1ccc(Oc2ccc([N+](=O)[O-])cc2-c2nc(-c3ccc(C(F)(F)F)cc3)no2)cc1. The molecule has 0 aliphatic heterocycles. The molecule has 0 saturated heterocycles. The van der Waals surface area contributed by atoms with Crippen molar-refractivity contribution in [2.45, 2.75) is 6.18 Å². The molecule has 1 heterocycles. The molecule has 4 rings (SSSR count). The first kappa shape index (κ1) is 21.8. The van der Waals surface area contributed by atoms with Crippen LogP contribution >= 0.6 is 0 Å². The molecule has 11 heteroatoms. The summed E-state index contributed by atoms with van der Waals surface area (Å²) in [5, 5.41) is 15.0. The summed E-state index contributed by atoms with van der Waals surface area (Å²) in [7, 11) is 1.52. The van der Waals surface area contributed by atoms with Crippen LogP contribution in [-0.4, -0.2) is 22.2 Å². The summed E-state index contributed by atoms with van der Waals surface area (Å²) in [6.07, 6.45) is -4.47. The summed E-state index contributed by atoms with van der Waals surface area (Å²) < 4.78 is 54.6. The van der Waals surface area contributed by atoms with Crippen molar-refractivity contribution < 1.29 is 32.1 Å². The number of rotatable bonds is 6. The predicted molar refractivity (Wildman–Crippen MR) is 110 cm³/mol. The van der Waals surface area contributed by atoms with Gasteiger partial charge < -0.3 is 14.0 Å². The molecule has 0 atom stereocenters. The fourth-order valence-corrected chi connectivity index (χ4v) is 2.92. The highest BCUT2D eigenvalue weighted by atomic mass is 19.4. The number of ether oxygens (including phenoxy) is 2. The largest absolute Gasteiger partial charge is 0.497 e. The van der Waals surface area contributed by atoms with Crippen LogP contribution in [0.15, 0.2) is 71.3 Å². The monoisotopic (exact) mass is 457 g/mol. The van der Waals surface area contributed by atoms with E-state index in [1.165, 1.54) is 37.4 Å². The van der Waals surface area contributed by atoms with Gasteiger partial charge in [-0.25, -0.2) is 0 Å². The zero-order valence-electron chi connectivity index (χ0n) is 16.9. The van der Waals surface area contributed by atoms with Gasteiger partial charge in [-0.2, -0.15) is 18.2 Å². The van der Waals surface area contributed by atoms with Gasteiger partial charge in [0.15, 0.2) is 0 Å². The fraction of sp³-hybridized carbons (Fsp3) is 0.0909. The van der Waals surface area contributed by atoms with Crippen molar-refractivity contribution in [1.82, 2.24) is 10.1 Å². The van der Waals surface area contributed by atoms with Crippen molar-refractivity contribution in [2.24, 2.45) is 0 Å². The van der Waals surface area contributed by atoms with Crippen LogP contribution in [0.2, 0.25) is 0 Å². The molecule has 0 saturated carbocycles. The van der Waals surface area contributed by atoms with E-state index in [9.17, 15) is 23.3 Å². The lowest BCUT2D eigenvalue weighted by atomic mass is 10.1. The summed E-state index contributed by atoms with van der Waals surface area (Å²) in [4.78, 5) is 14.9. The summed E-state index contributed by atoms with van der Waals surface area (Å²) >= 11 is 0. The van der Waals surface area contributed by atoms with Crippen molar-refractivity contribution in [3.8, 4) is 40.1 Å². The van der Waals surface area contributed by atoms with E-state index in [-0.39, 0.29) is 34.3 Å². The Labute approximate surface area is 184 Å². The number of nitro groups is 1. The molecule has 0 unspecified atom stereocenters. The number of nitro benzene ring substituents is 1. The maximum Gasteiger partial charge on any atom is 0.416 e. The molecular formula is C22H14F3N3O5. The zero-order chi connectivity index (χ0) is 23.6. The average Bonchev–Trinajstić information content (AvgIpc) is 3.29. The third kappa shape index (κ3) is 4.76. The lowest BCUT2D eigenvalue weighted by Crippen LogP contribution is -2.04. The van der Waals surface area contributed by atoms with Crippen molar-refractivity contribution in [3.05, 3.63) is 82.4 Å². The Bertz CT molecular complexity index is 1290. The molecule has 0 radical (unpaired) electrons. The van der Waals surface area contributed by atoms with E-state index in [4.69, 9.17) is 14.0 Å². The first-order valence-corrected chi connectivity index (χ1v) is 9.36. The molecule has 1 aromatic heterocycles. The zero-order valence-corrected chi connectivity index (χ0v) is 16.9. The quantitative estimate of drug-likeness (QED) is 0.253. The minimum Gasteiger partial charge on any atom is -0.497 e. The van der Waals surface area contributed by atoms with E-state index in [1.807, 2.05) is 0 Å². The predicted octanol–water partition coefficient (Wildman–Crippen LogP) is 6.13. The van der Waals surface area contributed by atoms with Gasteiger partial charge in [0.05, 0.1) is 23.2 Å². The molecule has 33 heavy (non-hydrogen) atoms. The molecule has 0 fully saturated rings. The minimum absolute atomic E-state index is 0.0145. The van der Waals surface area contributed by atoms with Crippen LogP contribution in [0.3, 0.4) is 0 Å². The molecule has 0 aliphatic carbocycles. The van der Waals surface area contributed by atoms with Crippen LogP contribution in [0.5, 0.6) is 17.2 Å². The molecule has 3 aromatic carbocycles. The van der Waals surface area contributed by atoms with Gasteiger partial charge in [0.2, 0.25) is 5.82 Å². The van der Waals surface area contributed by atoms with Gasteiger partial charge in [0.25, 0.3) is 11.6 Å². The molecule has 0 spiro atoms. The van der Waals surface area contributed by atoms with E-state index >= 15 is 0 Å². The van der Waals surface area contributed by atoms with Gasteiger partial charge in [-0.3, -0.25) is 10.1 Å². The van der Waals surface area contributed by atoms with Crippen LogP contribution in [0.1, 0.15) is 5.56 Å². The number of methoxy groups -OCH3 is 1. The molecule has 168 valence electrons. The number of halogens is 3. The fourth-order valence-electron chi connectivity index (χ4n) is 2.92. The molecule has 0 amide bonds. The number of nitrogens with zero attached hydrogens (tertiary/aromatic N) is 3. The second kappa shape index (κ2) is 8.61. The molecule has 8 nitrogen and oxygen atoms in total. The van der Waals surface area contributed by atoms with E-state index in [2.05, 4.69) is 10.1 Å². The third-order valence-corrected chi connectivity index (χ3v) is 4.59. The molecular weight excluding hydrogens is 443 g/mol. The Balaban J connectivity index is 1.69. The Morgan fingerprint density at radius 3 is 2.24 bits per heavy atom. The topological polar surface area (TPSA) is 101 Å². The minimum atomic E-state index is -4.47. The van der Waals surface area contributed by atoms with Crippen molar-refractivity contribution >= 4 is 5.69 Å². The average molecular weight is 457 g/mol. The molecule has 0 aliphatic rings. The van der Waals surface area contributed by atoms with Crippen molar-refractivity contribution in [1.29, 1.82) is 0 Å². The van der Waals surface area contributed by atoms with Crippen LogP contribution in [0.4, 0.5) is 18.9 Å². The third-order valence-electron chi connectivity index (χ3n) is 4.59. The Kier molecular flexibility index (Phi) is 5.69.